The zero-order valence-electron chi connectivity index (χ0n) is 10.6. The van der Waals surface area contributed by atoms with E-state index >= 15 is 0 Å². The van der Waals surface area contributed by atoms with Gasteiger partial charge in [0.2, 0.25) is 0 Å². The molecule has 0 aromatic heterocycles. The lowest BCUT2D eigenvalue weighted by Gasteiger charge is -2.10. The Labute approximate surface area is 124 Å². The Kier molecular flexibility index (Phi) is 13.3. The van der Waals surface area contributed by atoms with E-state index in [1.54, 1.807) is 23.5 Å². The van der Waals surface area contributed by atoms with Gasteiger partial charge in [-0.2, -0.15) is 0 Å². The van der Waals surface area contributed by atoms with Crippen LogP contribution in [0.15, 0.2) is 0 Å². The van der Waals surface area contributed by atoms with Gasteiger partial charge in [-0.3, -0.25) is 0 Å². The Morgan fingerprint density at radius 1 is 0.882 bits per heavy atom. The average molecular weight is 311 g/mol. The highest BCUT2D eigenvalue weighted by Gasteiger charge is 1.98. The molecule has 0 aliphatic carbocycles. The van der Waals surface area contributed by atoms with Gasteiger partial charge in [-0.15, -0.1) is 0 Å². The molecule has 0 aliphatic rings. The van der Waals surface area contributed by atoms with Crippen LogP contribution in [-0.4, -0.2) is 26.8 Å². The summed E-state index contributed by atoms with van der Waals surface area (Å²) >= 11 is 13.8. The molecule has 100 valence electrons. The highest BCUT2D eigenvalue weighted by molar-refractivity contribution is 8.23. The van der Waals surface area contributed by atoms with E-state index in [9.17, 15) is 0 Å². The Hall–Kier alpha value is 0.480. The third kappa shape index (κ3) is 12.7. The molecular weight excluding hydrogens is 288 g/mol. The minimum atomic E-state index is 0.635. The lowest BCUT2D eigenvalue weighted by atomic mass is 10.4. The molecule has 2 N–H and O–H groups in total. The molecule has 0 radical (unpaired) electrons. The van der Waals surface area contributed by atoms with Crippen LogP contribution in [0.25, 0.3) is 0 Å². The number of thioether (sulfide) groups is 2. The fourth-order valence-corrected chi connectivity index (χ4v) is 3.14. The summed E-state index contributed by atoms with van der Waals surface area (Å²) in [6.45, 7) is 5.00. The SMILES string of the molecule is CCCCSC(=S)NCNC(=S)SCCCC. The Morgan fingerprint density at radius 3 is 1.65 bits per heavy atom. The number of thiocarbonyl (C=S) groups is 2. The summed E-state index contributed by atoms with van der Waals surface area (Å²) in [7, 11) is 0. The van der Waals surface area contributed by atoms with Crippen LogP contribution < -0.4 is 10.6 Å². The van der Waals surface area contributed by atoms with Gasteiger partial charge in [0.25, 0.3) is 0 Å². The van der Waals surface area contributed by atoms with Gasteiger partial charge >= 0.3 is 0 Å². The topological polar surface area (TPSA) is 24.1 Å². The summed E-state index contributed by atoms with van der Waals surface area (Å²) in [5.74, 6) is 2.19. The van der Waals surface area contributed by atoms with Crippen LogP contribution >= 0.6 is 48.0 Å². The molecule has 0 fully saturated rings. The summed E-state index contributed by atoms with van der Waals surface area (Å²) in [4.78, 5) is 0. The maximum atomic E-state index is 5.19. The van der Waals surface area contributed by atoms with E-state index in [4.69, 9.17) is 24.4 Å². The summed E-state index contributed by atoms with van der Waals surface area (Å²) in [5.41, 5.74) is 0. The van der Waals surface area contributed by atoms with Gasteiger partial charge < -0.3 is 10.6 Å². The molecule has 2 nitrogen and oxygen atoms in total. The van der Waals surface area contributed by atoms with Gasteiger partial charge in [-0.05, 0) is 12.8 Å². The van der Waals surface area contributed by atoms with Gasteiger partial charge in [0, 0.05) is 11.5 Å². The zero-order chi connectivity index (χ0) is 12.9. The van der Waals surface area contributed by atoms with Crippen molar-refractivity contribution in [3.8, 4) is 0 Å². The second-order valence-corrected chi connectivity index (χ2v) is 7.05. The van der Waals surface area contributed by atoms with E-state index in [1.807, 2.05) is 0 Å². The number of nitrogens with one attached hydrogen (secondary N) is 2. The van der Waals surface area contributed by atoms with Crippen molar-refractivity contribution < 1.29 is 0 Å². The van der Waals surface area contributed by atoms with Crippen LogP contribution in [-0.2, 0) is 0 Å². The van der Waals surface area contributed by atoms with Gasteiger partial charge in [0.15, 0.2) is 0 Å². The molecule has 0 aromatic rings. The second kappa shape index (κ2) is 12.9. The smallest absolute Gasteiger partial charge is 0.135 e. The van der Waals surface area contributed by atoms with E-state index in [0.29, 0.717) is 6.67 Å². The molecule has 0 aromatic carbocycles. The number of hydrogen-bond acceptors (Lipinski definition) is 4. The Balaban J connectivity index is 3.36. The summed E-state index contributed by atoms with van der Waals surface area (Å²) in [6, 6.07) is 0. The van der Waals surface area contributed by atoms with Crippen molar-refractivity contribution in [2.45, 2.75) is 39.5 Å². The fraction of sp³-hybridized carbons (Fsp3) is 0.818. The minimum Gasteiger partial charge on any atom is -0.354 e. The normalized spacial score (nSPS) is 10.0. The first-order valence-electron chi connectivity index (χ1n) is 6.02. The largest absolute Gasteiger partial charge is 0.354 e. The molecule has 17 heavy (non-hydrogen) atoms. The van der Waals surface area contributed by atoms with E-state index in [0.717, 1.165) is 20.1 Å². The first-order chi connectivity index (χ1) is 8.20. The monoisotopic (exact) mass is 310 g/mol. The van der Waals surface area contributed by atoms with E-state index in [2.05, 4.69) is 24.5 Å². The third-order valence-corrected chi connectivity index (χ3v) is 4.72. The molecular formula is C11H22N2S4. The lowest BCUT2D eigenvalue weighted by Crippen LogP contribution is -2.33. The molecule has 0 heterocycles. The maximum Gasteiger partial charge on any atom is 0.135 e. The molecule has 0 amide bonds. The Bertz CT molecular complexity index is 200. The molecule has 0 saturated heterocycles. The molecule has 0 aliphatic heterocycles. The average Bonchev–Trinajstić information content (AvgIpc) is 2.30. The third-order valence-electron chi connectivity index (χ3n) is 1.93. The first kappa shape index (κ1) is 17.5. The molecule has 0 rings (SSSR count). The standard InChI is InChI=1S/C11H22N2S4/c1-3-5-7-16-10(14)12-9-13-11(15)17-8-6-4-2/h3-9H2,1-2H3,(H,12,14)(H,13,15). The second-order valence-electron chi connectivity index (χ2n) is 3.51. The van der Waals surface area contributed by atoms with Crippen molar-refractivity contribution in [2.75, 3.05) is 18.2 Å². The Morgan fingerprint density at radius 2 is 1.29 bits per heavy atom. The first-order valence-corrected chi connectivity index (χ1v) is 8.80. The van der Waals surface area contributed by atoms with Crippen LogP contribution in [0.1, 0.15) is 39.5 Å². The van der Waals surface area contributed by atoms with Gasteiger partial charge in [-0.25, -0.2) is 0 Å². The van der Waals surface area contributed by atoms with Crippen molar-refractivity contribution in [3.05, 3.63) is 0 Å². The van der Waals surface area contributed by atoms with E-state index in [1.165, 1.54) is 25.7 Å². The summed E-state index contributed by atoms with van der Waals surface area (Å²) in [5, 5.41) is 6.29. The van der Waals surface area contributed by atoms with Crippen LogP contribution in [0.4, 0.5) is 0 Å². The van der Waals surface area contributed by atoms with E-state index < -0.39 is 0 Å². The van der Waals surface area contributed by atoms with Crippen LogP contribution in [0.3, 0.4) is 0 Å². The number of rotatable bonds is 8. The van der Waals surface area contributed by atoms with Crippen molar-refractivity contribution in [1.29, 1.82) is 0 Å². The highest BCUT2D eigenvalue weighted by Crippen LogP contribution is 2.06. The van der Waals surface area contributed by atoms with Gasteiger partial charge in [-0.1, -0.05) is 74.6 Å². The number of hydrogen-bond donors (Lipinski definition) is 2. The minimum absolute atomic E-state index is 0.635. The molecule has 0 saturated carbocycles. The van der Waals surface area contributed by atoms with Crippen LogP contribution in [0.5, 0.6) is 0 Å². The van der Waals surface area contributed by atoms with Crippen molar-refractivity contribution in [3.63, 3.8) is 0 Å². The molecule has 0 atom stereocenters. The predicted octanol–water partition coefficient (Wildman–Crippen LogP) is 3.76. The fourth-order valence-electron chi connectivity index (χ4n) is 0.909. The lowest BCUT2D eigenvalue weighted by molar-refractivity contribution is 0.859. The molecule has 0 bridgehead atoms. The van der Waals surface area contributed by atoms with Crippen LogP contribution in [0, 0.1) is 0 Å². The van der Waals surface area contributed by atoms with Gasteiger partial charge in [0.05, 0.1) is 6.67 Å². The predicted molar refractivity (Wildman–Crippen MR) is 91.1 cm³/mol. The van der Waals surface area contributed by atoms with Gasteiger partial charge in [0.1, 0.15) is 8.64 Å². The summed E-state index contributed by atoms with van der Waals surface area (Å²) in [6.07, 6.45) is 4.86. The van der Waals surface area contributed by atoms with Crippen molar-refractivity contribution in [1.82, 2.24) is 10.6 Å². The van der Waals surface area contributed by atoms with E-state index in [-0.39, 0.29) is 0 Å². The summed E-state index contributed by atoms with van der Waals surface area (Å²) < 4.78 is 1.71. The molecule has 0 unspecified atom stereocenters. The van der Waals surface area contributed by atoms with Crippen molar-refractivity contribution in [2.24, 2.45) is 0 Å². The van der Waals surface area contributed by atoms with Crippen LogP contribution in [0.2, 0.25) is 0 Å². The van der Waals surface area contributed by atoms with Crippen molar-refractivity contribution >= 4 is 56.6 Å². The quantitative estimate of drug-likeness (QED) is 0.402. The molecule has 0 spiro atoms. The molecule has 6 heteroatoms. The highest BCUT2D eigenvalue weighted by atomic mass is 32.2. The number of unbranched alkanes of at least 4 members (excludes halogenated alkanes) is 2. The zero-order valence-corrected chi connectivity index (χ0v) is 13.8. The maximum absolute atomic E-state index is 5.19.